The molecule has 154 valence electrons. The molecule has 0 radical (unpaired) electrons. The highest BCUT2D eigenvalue weighted by atomic mass is 16.5. The van der Waals surface area contributed by atoms with E-state index in [2.05, 4.69) is 25.8 Å². The lowest BCUT2D eigenvalue weighted by molar-refractivity contribution is 0.0963. The fraction of sp³-hybridized carbons (Fsp3) is 0.381. The number of urea groups is 1. The van der Waals surface area contributed by atoms with Crippen LogP contribution < -0.4 is 20.7 Å². The first kappa shape index (κ1) is 20.6. The highest BCUT2D eigenvalue weighted by Crippen LogP contribution is 2.25. The molecule has 2 aromatic rings. The largest absolute Gasteiger partial charge is 0.495 e. The number of amides is 3. The number of likely N-dealkylation sites (tertiary alicyclic amines) is 1. The van der Waals surface area contributed by atoms with Gasteiger partial charge in [-0.15, -0.1) is 0 Å². The second-order valence-electron chi connectivity index (χ2n) is 7.00. The Labute approximate surface area is 170 Å². The molecule has 29 heavy (non-hydrogen) atoms. The predicted octanol–water partition coefficient (Wildman–Crippen LogP) is 2.24. The number of pyridine rings is 1. The van der Waals surface area contributed by atoms with Gasteiger partial charge in [-0.25, -0.2) is 4.79 Å². The van der Waals surface area contributed by atoms with E-state index in [0.717, 1.165) is 32.5 Å². The molecule has 2 heterocycles. The number of carbonyl (C=O) groups excluding carboxylic acids is 2. The molecular weight excluding hydrogens is 370 g/mol. The smallest absolute Gasteiger partial charge is 0.319 e. The van der Waals surface area contributed by atoms with Gasteiger partial charge in [-0.2, -0.15) is 0 Å². The summed E-state index contributed by atoms with van der Waals surface area (Å²) in [6.45, 7) is 2.73. The van der Waals surface area contributed by atoms with Gasteiger partial charge in [0.15, 0.2) is 0 Å². The van der Waals surface area contributed by atoms with Crippen molar-refractivity contribution >= 4 is 17.6 Å². The topological polar surface area (TPSA) is 95.6 Å². The number of benzene rings is 1. The van der Waals surface area contributed by atoms with Crippen molar-refractivity contribution < 1.29 is 14.3 Å². The standard InChI is InChI=1S/C21H27N5O3/c1-22-20(27)16-3-4-19(29-2)18(13-16)25-21(28)24-17-7-11-26(12-8-17)14-15-5-9-23-10-6-15/h3-6,9-10,13,17H,7-8,11-12,14H2,1-2H3,(H,22,27)(H2,24,25,28). The Morgan fingerprint density at radius 3 is 2.55 bits per heavy atom. The number of hydrogen-bond donors (Lipinski definition) is 3. The van der Waals surface area contributed by atoms with Crippen LogP contribution in [0.15, 0.2) is 42.7 Å². The molecule has 3 rings (SSSR count). The van der Waals surface area contributed by atoms with E-state index in [1.54, 1.807) is 37.6 Å². The zero-order valence-corrected chi connectivity index (χ0v) is 16.8. The Hall–Kier alpha value is -3.13. The lowest BCUT2D eigenvalue weighted by Gasteiger charge is -2.32. The summed E-state index contributed by atoms with van der Waals surface area (Å²) < 4.78 is 5.29. The van der Waals surface area contributed by atoms with Gasteiger partial charge in [0.1, 0.15) is 5.75 Å². The van der Waals surface area contributed by atoms with Crippen LogP contribution in [0.25, 0.3) is 0 Å². The third-order valence-electron chi connectivity index (χ3n) is 5.02. The zero-order chi connectivity index (χ0) is 20.6. The summed E-state index contributed by atoms with van der Waals surface area (Å²) in [5.41, 5.74) is 2.15. The van der Waals surface area contributed by atoms with Crippen molar-refractivity contribution in [2.24, 2.45) is 0 Å². The van der Waals surface area contributed by atoms with E-state index >= 15 is 0 Å². The molecule has 1 saturated heterocycles. The lowest BCUT2D eigenvalue weighted by atomic mass is 10.0. The van der Waals surface area contributed by atoms with Crippen LogP contribution in [0.2, 0.25) is 0 Å². The van der Waals surface area contributed by atoms with Crippen LogP contribution in [0.4, 0.5) is 10.5 Å². The number of anilines is 1. The van der Waals surface area contributed by atoms with Gasteiger partial charge in [-0.05, 0) is 48.7 Å². The van der Waals surface area contributed by atoms with Crippen LogP contribution in [0, 0.1) is 0 Å². The minimum Gasteiger partial charge on any atom is -0.495 e. The first-order valence-electron chi connectivity index (χ1n) is 9.68. The van der Waals surface area contributed by atoms with Crippen molar-refractivity contribution in [1.29, 1.82) is 0 Å². The molecule has 1 aliphatic rings. The van der Waals surface area contributed by atoms with Crippen molar-refractivity contribution in [2.75, 3.05) is 32.6 Å². The Bertz CT molecular complexity index is 835. The summed E-state index contributed by atoms with van der Waals surface area (Å²) in [5.74, 6) is 0.276. The summed E-state index contributed by atoms with van der Waals surface area (Å²) in [6.07, 6.45) is 5.38. The molecule has 0 atom stereocenters. The normalized spacial score (nSPS) is 14.8. The van der Waals surface area contributed by atoms with Crippen LogP contribution in [0.5, 0.6) is 5.75 Å². The minimum atomic E-state index is -0.301. The number of carbonyl (C=O) groups is 2. The maximum Gasteiger partial charge on any atom is 0.319 e. The molecule has 0 saturated carbocycles. The molecule has 0 aliphatic carbocycles. The van der Waals surface area contributed by atoms with Crippen LogP contribution in [-0.4, -0.2) is 55.1 Å². The number of nitrogens with zero attached hydrogens (tertiary/aromatic N) is 2. The Morgan fingerprint density at radius 2 is 1.90 bits per heavy atom. The monoisotopic (exact) mass is 397 g/mol. The highest BCUT2D eigenvalue weighted by Gasteiger charge is 2.21. The van der Waals surface area contributed by atoms with Gasteiger partial charge in [0.05, 0.1) is 12.8 Å². The third-order valence-corrected chi connectivity index (χ3v) is 5.02. The van der Waals surface area contributed by atoms with Gasteiger partial charge in [0, 0.05) is 50.7 Å². The summed E-state index contributed by atoms with van der Waals surface area (Å²) in [6, 6.07) is 8.78. The maximum absolute atomic E-state index is 12.5. The Kier molecular flexibility index (Phi) is 7.02. The average molecular weight is 397 g/mol. The summed E-state index contributed by atoms with van der Waals surface area (Å²) >= 11 is 0. The van der Waals surface area contributed by atoms with Crippen LogP contribution in [-0.2, 0) is 6.54 Å². The number of piperidine rings is 1. The van der Waals surface area contributed by atoms with Gasteiger partial charge in [0.25, 0.3) is 5.91 Å². The van der Waals surface area contributed by atoms with Gasteiger partial charge < -0.3 is 20.7 Å². The number of ether oxygens (including phenoxy) is 1. The Balaban J connectivity index is 1.52. The SMILES string of the molecule is CNC(=O)c1ccc(OC)c(NC(=O)NC2CCN(Cc3ccncc3)CC2)c1. The van der Waals surface area contributed by atoms with Gasteiger partial charge >= 0.3 is 6.03 Å². The Morgan fingerprint density at radius 1 is 1.17 bits per heavy atom. The van der Waals surface area contributed by atoms with E-state index in [-0.39, 0.29) is 18.0 Å². The van der Waals surface area contributed by atoms with E-state index in [0.29, 0.717) is 17.0 Å². The van der Waals surface area contributed by atoms with Crippen molar-refractivity contribution in [2.45, 2.75) is 25.4 Å². The molecule has 1 fully saturated rings. The molecule has 0 spiro atoms. The number of rotatable bonds is 6. The van der Waals surface area contributed by atoms with Crippen molar-refractivity contribution in [3.63, 3.8) is 0 Å². The zero-order valence-electron chi connectivity index (χ0n) is 16.8. The fourth-order valence-corrected chi connectivity index (χ4v) is 3.42. The van der Waals surface area contributed by atoms with Crippen molar-refractivity contribution in [3.05, 3.63) is 53.9 Å². The average Bonchev–Trinajstić information content (AvgIpc) is 2.75. The molecule has 1 aromatic heterocycles. The van der Waals surface area contributed by atoms with Gasteiger partial charge in [-0.1, -0.05) is 0 Å². The second-order valence-corrected chi connectivity index (χ2v) is 7.00. The summed E-state index contributed by atoms with van der Waals surface area (Å²) in [5, 5.41) is 8.40. The summed E-state index contributed by atoms with van der Waals surface area (Å²) in [4.78, 5) is 30.7. The van der Waals surface area contributed by atoms with Crippen LogP contribution in [0.1, 0.15) is 28.8 Å². The number of nitrogens with one attached hydrogen (secondary N) is 3. The first-order valence-corrected chi connectivity index (χ1v) is 9.68. The molecule has 0 bridgehead atoms. The molecule has 3 amide bonds. The lowest BCUT2D eigenvalue weighted by Crippen LogP contribution is -2.45. The molecular formula is C21H27N5O3. The fourth-order valence-electron chi connectivity index (χ4n) is 3.42. The highest BCUT2D eigenvalue weighted by molar-refractivity contribution is 5.97. The quantitative estimate of drug-likeness (QED) is 0.695. The molecule has 8 nitrogen and oxygen atoms in total. The van der Waals surface area contributed by atoms with E-state index < -0.39 is 0 Å². The molecule has 0 unspecified atom stereocenters. The molecule has 8 heteroatoms. The van der Waals surface area contributed by atoms with E-state index in [4.69, 9.17) is 4.74 Å². The van der Waals surface area contributed by atoms with Crippen LogP contribution >= 0.6 is 0 Å². The number of hydrogen-bond acceptors (Lipinski definition) is 5. The predicted molar refractivity (Wildman–Crippen MR) is 111 cm³/mol. The van der Waals surface area contributed by atoms with Crippen molar-refractivity contribution in [3.8, 4) is 5.75 Å². The van der Waals surface area contributed by atoms with E-state index in [1.165, 1.54) is 12.7 Å². The van der Waals surface area contributed by atoms with Gasteiger partial charge in [-0.3, -0.25) is 14.7 Å². The number of aromatic nitrogens is 1. The third kappa shape index (κ3) is 5.68. The maximum atomic E-state index is 12.5. The van der Waals surface area contributed by atoms with E-state index in [9.17, 15) is 9.59 Å². The van der Waals surface area contributed by atoms with E-state index in [1.807, 2.05) is 12.1 Å². The molecule has 1 aromatic carbocycles. The minimum absolute atomic E-state index is 0.108. The van der Waals surface area contributed by atoms with Gasteiger partial charge in [0.2, 0.25) is 0 Å². The van der Waals surface area contributed by atoms with Crippen molar-refractivity contribution in [1.82, 2.24) is 20.5 Å². The molecule has 3 N–H and O–H groups in total. The summed E-state index contributed by atoms with van der Waals surface area (Å²) in [7, 11) is 3.09. The first-order chi connectivity index (χ1) is 14.1. The molecule has 1 aliphatic heterocycles. The van der Waals surface area contributed by atoms with Crippen LogP contribution in [0.3, 0.4) is 0 Å². The number of methoxy groups -OCH3 is 1. The second kappa shape index (κ2) is 9.88.